The zero-order valence-corrected chi connectivity index (χ0v) is 13.7. The van der Waals surface area contributed by atoms with Crippen LogP contribution in [0.2, 0.25) is 0 Å². The number of amides is 1. The van der Waals surface area contributed by atoms with Crippen molar-refractivity contribution in [2.45, 2.75) is 44.2 Å². The van der Waals surface area contributed by atoms with Crippen LogP contribution in [0.25, 0.3) is 0 Å². The van der Waals surface area contributed by atoms with Gasteiger partial charge in [0.1, 0.15) is 10.7 Å². The van der Waals surface area contributed by atoms with E-state index >= 15 is 0 Å². The van der Waals surface area contributed by atoms with Gasteiger partial charge in [-0.25, -0.2) is 4.98 Å². The Balaban J connectivity index is 1.52. The first-order valence-electron chi connectivity index (χ1n) is 7.84. The normalized spacial score (nSPS) is 21.1. The number of rotatable bonds is 5. The minimum atomic E-state index is -0.105. The number of hydrogen-bond donors (Lipinski definition) is 0. The minimum Gasteiger partial charge on any atom is -0.378 e. The Kier molecular flexibility index (Phi) is 3.86. The van der Waals surface area contributed by atoms with E-state index in [2.05, 4.69) is 15.1 Å². The van der Waals surface area contributed by atoms with Gasteiger partial charge in [-0.1, -0.05) is 5.16 Å². The van der Waals surface area contributed by atoms with E-state index in [1.807, 2.05) is 4.90 Å². The van der Waals surface area contributed by atoms with Crippen LogP contribution in [0.3, 0.4) is 0 Å². The zero-order chi connectivity index (χ0) is 15.8. The maximum atomic E-state index is 12.7. The molecule has 7 nitrogen and oxygen atoms in total. The van der Waals surface area contributed by atoms with Crippen molar-refractivity contribution >= 4 is 17.2 Å². The monoisotopic (exact) mass is 334 g/mol. The van der Waals surface area contributed by atoms with Gasteiger partial charge in [0.15, 0.2) is 5.82 Å². The minimum absolute atomic E-state index is 0.0659. The summed E-state index contributed by atoms with van der Waals surface area (Å²) in [5, 5.41) is 6.70. The SMILES string of the molecule is COCc1nc(C(=O)N2CCC[C@H]2c2noc(C3CC3)n2)cs1. The zero-order valence-electron chi connectivity index (χ0n) is 12.9. The summed E-state index contributed by atoms with van der Waals surface area (Å²) in [6.07, 6.45) is 4.05. The van der Waals surface area contributed by atoms with E-state index < -0.39 is 0 Å². The van der Waals surface area contributed by atoms with Crippen molar-refractivity contribution in [3.8, 4) is 0 Å². The summed E-state index contributed by atoms with van der Waals surface area (Å²) in [6.45, 7) is 1.13. The molecule has 0 unspecified atom stereocenters. The molecule has 2 aromatic rings. The van der Waals surface area contributed by atoms with E-state index in [9.17, 15) is 4.79 Å². The summed E-state index contributed by atoms with van der Waals surface area (Å²) in [5.41, 5.74) is 0.472. The molecule has 0 radical (unpaired) electrons. The number of carbonyl (C=O) groups is 1. The van der Waals surface area contributed by atoms with Crippen molar-refractivity contribution in [3.05, 3.63) is 27.8 Å². The summed E-state index contributed by atoms with van der Waals surface area (Å²) in [4.78, 5) is 23.4. The lowest BCUT2D eigenvalue weighted by Gasteiger charge is -2.21. The van der Waals surface area contributed by atoms with E-state index in [-0.39, 0.29) is 11.9 Å². The van der Waals surface area contributed by atoms with Crippen LogP contribution in [0.1, 0.15) is 64.9 Å². The maximum absolute atomic E-state index is 12.7. The average molecular weight is 334 g/mol. The van der Waals surface area contributed by atoms with E-state index in [0.29, 0.717) is 30.6 Å². The van der Waals surface area contributed by atoms with Crippen molar-refractivity contribution in [2.75, 3.05) is 13.7 Å². The highest BCUT2D eigenvalue weighted by Gasteiger charge is 2.36. The molecule has 0 bridgehead atoms. The number of likely N-dealkylation sites (tertiary alicyclic amines) is 1. The van der Waals surface area contributed by atoms with Gasteiger partial charge in [-0.3, -0.25) is 4.79 Å². The van der Waals surface area contributed by atoms with Crippen LogP contribution in [0.15, 0.2) is 9.90 Å². The average Bonchev–Trinajstić information content (AvgIpc) is 2.99. The quantitative estimate of drug-likeness (QED) is 0.836. The largest absolute Gasteiger partial charge is 0.378 e. The predicted octanol–water partition coefficient (Wildman–Crippen LogP) is 2.53. The first-order chi connectivity index (χ1) is 11.3. The fraction of sp³-hybridized carbons (Fsp3) is 0.600. The Morgan fingerprint density at radius 1 is 1.43 bits per heavy atom. The van der Waals surface area contributed by atoms with E-state index in [1.54, 1.807) is 12.5 Å². The van der Waals surface area contributed by atoms with Crippen LogP contribution in [0.5, 0.6) is 0 Å². The smallest absolute Gasteiger partial charge is 0.273 e. The highest BCUT2D eigenvalue weighted by molar-refractivity contribution is 7.09. The molecular weight excluding hydrogens is 316 g/mol. The lowest BCUT2D eigenvalue weighted by molar-refractivity contribution is 0.0722. The maximum Gasteiger partial charge on any atom is 0.273 e. The van der Waals surface area contributed by atoms with Gasteiger partial charge in [0.25, 0.3) is 5.91 Å². The van der Waals surface area contributed by atoms with Gasteiger partial charge in [0.05, 0.1) is 12.6 Å². The molecule has 0 N–H and O–H groups in total. The second kappa shape index (κ2) is 6.01. The Morgan fingerprint density at radius 2 is 2.30 bits per heavy atom. The summed E-state index contributed by atoms with van der Waals surface area (Å²) in [5.74, 6) is 1.71. The molecule has 0 spiro atoms. The van der Waals surface area contributed by atoms with Crippen molar-refractivity contribution in [1.29, 1.82) is 0 Å². The molecule has 1 saturated carbocycles. The fourth-order valence-electron chi connectivity index (χ4n) is 2.90. The van der Waals surface area contributed by atoms with Gasteiger partial charge in [0.2, 0.25) is 5.89 Å². The fourth-order valence-corrected chi connectivity index (χ4v) is 3.64. The van der Waals surface area contributed by atoms with Crippen LogP contribution in [0.4, 0.5) is 0 Å². The first-order valence-corrected chi connectivity index (χ1v) is 8.72. The van der Waals surface area contributed by atoms with Crippen molar-refractivity contribution in [2.24, 2.45) is 0 Å². The molecule has 1 saturated heterocycles. The molecule has 0 aromatic carbocycles. The molecule has 8 heteroatoms. The predicted molar refractivity (Wildman–Crippen MR) is 82.1 cm³/mol. The molecule has 1 aliphatic heterocycles. The number of aromatic nitrogens is 3. The molecule has 1 aliphatic carbocycles. The summed E-state index contributed by atoms with van der Waals surface area (Å²) in [6, 6.07) is -0.105. The number of nitrogens with zero attached hydrogens (tertiary/aromatic N) is 4. The Labute approximate surface area is 137 Å². The lowest BCUT2D eigenvalue weighted by atomic mass is 10.2. The van der Waals surface area contributed by atoms with Crippen LogP contribution in [0, 0.1) is 0 Å². The molecule has 3 heterocycles. The topological polar surface area (TPSA) is 81.4 Å². The number of methoxy groups -OCH3 is 1. The highest BCUT2D eigenvalue weighted by atomic mass is 32.1. The lowest BCUT2D eigenvalue weighted by Crippen LogP contribution is -2.31. The number of carbonyl (C=O) groups excluding carboxylic acids is 1. The molecule has 2 aliphatic rings. The summed E-state index contributed by atoms with van der Waals surface area (Å²) in [7, 11) is 1.62. The van der Waals surface area contributed by atoms with E-state index in [1.165, 1.54) is 11.3 Å². The molecule has 23 heavy (non-hydrogen) atoms. The number of thiazole rings is 1. The molecular formula is C15H18N4O3S. The van der Waals surface area contributed by atoms with Gasteiger partial charge in [-0.05, 0) is 25.7 Å². The van der Waals surface area contributed by atoms with E-state index in [4.69, 9.17) is 9.26 Å². The van der Waals surface area contributed by atoms with Gasteiger partial charge in [-0.15, -0.1) is 11.3 Å². The second-order valence-electron chi connectivity index (χ2n) is 5.98. The van der Waals surface area contributed by atoms with Gasteiger partial charge in [-0.2, -0.15) is 4.98 Å². The summed E-state index contributed by atoms with van der Waals surface area (Å²) >= 11 is 1.44. The molecule has 4 rings (SSSR count). The van der Waals surface area contributed by atoms with Crippen LogP contribution >= 0.6 is 11.3 Å². The van der Waals surface area contributed by atoms with Gasteiger partial charge in [0, 0.05) is 25.0 Å². The van der Waals surface area contributed by atoms with Crippen molar-refractivity contribution in [3.63, 3.8) is 0 Å². The molecule has 2 fully saturated rings. The molecule has 1 amide bonds. The number of ether oxygens (including phenoxy) is 1. The van der Waals surface area contributed by atoms with Gasteiger partial charge >= 0.3 is 0 Å². The van der Waals surface area contributed by atoms with Crippen LogP contribution < -0.4 is 0 Å². The van der Waals surface area contributed by atoms with Crippen LogP contribution in [-0.4, -0.2) is 39.6 Å². The third-order valence-electron chi connectivity index (χ3n) is 4.23. The third kappa shape index (κ3) is 2.88. The van der Waals surface area contributed by atoms with E-state index in [0.717, 1.165) is 36.6 Å². The van der Waals surface area contributed by atoms with Crippen molar-refractivity contribution in [1.82, 2.24) is 20.0 Å². The molecule has 122 valence electrons. The van der Waals surface area contributed by atoms with Crippen LogP contribution in [-0.2, 0) is 11.3 Å². The Hall–Kier alpha value is -1.80. The van der Waals surface area contributed by atoms with Crippen molar-refractivity contribution < 1.29 is 14.1 Å². The first kappa shape index (κ1) is 14.8. The highest BCUT2D eigenvalue weighted by Crippen LogP contribution is 2.40. The summed E-state index contributed by atoms with van der Waals surface area (Å²) < 4.78 is 10.4. The third-order valence-corrected chi connectivity index (χ3v) is 5.06. The Bertz CT molecular complexity index is 709. The Morgan fingerprint density at radius 3 is 3.09 bits per heavy atom. The second-order valence-corrected chi connectivity index (χ2v) is 6.92. The van der Waals surface area contributed by atoms with Gasteiger partial charge < -0.3 is 14.2 Å². The molecule has 2 aromatic heterocycles. The molecule has 1 atom stereocenters. The standard InChI is InChI=1S/C15H18N4O3S/c1-21-7-12-16-10(8-23-12)15(20)19-6-2-3-11(19)13-17-14(22-18-13)9-4-5-9/h8-9,11H,2-7H2,1H3/t11-/m0/s1. The number of hydrogen-bond acceptors (Lipinski definition) is 7.